The molecule has 0 bridgehead atoms. The smallest absolute Gasteiger partial charge is 0.0488 e. The number of rotatable bonds is 4. The third-order valence-corrected chi connectivity index (χ3v) is 3.43. The first kappa shape index (κ1) is 11.0. The van der Waals surface area contributed by atoms with Crippen molar-refractivity contribution >= 4 is 0 Å². The largest absolute Gasteiger partial charge is 0.396 e. The average Bonchev–Trinajstić information content (AvgIpc) is 2.58. The molecule has 3 nitrogen and oxygen atoms in total. The summed E-state index contributed by atoms with van der Waals surface area (Å²) < 4.78 is 0. The zero-order chi connectivity index (χ0) is 9.90. The summed E-state index contributed by atoms with van der Waals surface area (Å²) in [6.07, 6.45) is 2.57. The summed E-state index contributed by atoms with van der Waals surface area (Å²) >= 11 is 0. The molecular formula is C10H22N2O. The van der Waals surface area contributed by atoms with Gasteiger partial charge in [0.05, 0.1) is 0 Å². The molecule has 78 valence electrons. The second-order valence-electron chi connectivity index (χ2n) is 4.46. The maximum absolute atomic E-state index is 9.22. The molecule has 1 rings (SSSR count). The Balaban J connectivity index is 2.60. The first-order valence-corrected chi connectivity index (χ1v) is 5.19. The fraction of sp³-hybridized carbons (Fsp3) is 1.00. The molecule has 0 aromatic rings. The second kappa shape index (κ2) is 4.40. The molecule has 0 amide bonds. The van der Waals surface area contributed by atoms with Crippen LogP contribution in [0.3, 0.4) is 0 Å². The van der Waals surface area contributed by atoms with Crippen LogP contribution in [-0.4, -0.2) is 41.8 Å². The van der Waals surface area contributed by atoms with Gasteiger partial charge < -0.3 is 10.8 Å². The van der Waals surface area contributed by atoms with Gasteiger partial charge in [0.25, 0.3) is 0 Å². The van der Waals surface area contributed by atoms with Crippen molar-refractivity contribution < 1.29 is 5.11 Å². The lowest BCUT2D eigenvalue weighted by molar-refractivity contribution is 0.0539. The minimum Gasteiger partial charge on any atom is -0.396 e. The van der Waals surface area contributed by atoms with Crippen molar-refractivity contribution in [2.75, 3.05) is 26.2 Å². The van der Waals surface area contributed by atoms with Gasteiger partial charge in [0.2, 0.25) is 0 Å². The van der Waals surface area contributed by atoms with Crippen LogP contribution in [0, 0.1) is 5.92 Å². The highest BCUT2D eigenvalue weighted by Gasteiger charge is 2.35. The molecule has 0 radical (unpaired) electrons. The van der Waals surface area contributed by atoms with Gasteiger partial charge in [-0.25, -0.2) is 0 Å². The summed E-state index contributed by atoms with van der Waals surface area (Å²) in [5, 5.41) is 9.22. The van der Waals surface area contributed by atoms with E-state index in [-0.39, 0.29) is 18.1 Å². The Labute approximate surface area is 80.9 Å². The molecule has 1 saturated heterocycles. The molecule has 0 aliphatic carbocycles. The lowest BCUT2D eigenvalue weighted by atomic mass is 9.86. The number of nitrogens with two attached hydrogens (primary N) is 1. The van der Waals surface area contributed by atoms with Crippen LogP contribution in [0.5, 0.6) is 0 Å². The molecule has 0 aromatic heterocycles. The Morgan fingerprint density at radius 1 is 1.38 bits per heavy atom. The minimum atomic E-state index is 0.0556. The Morgan fingerprint density at radius 3 is 2.31 bits per heavy atom. The number of likely N-dealkylation sites (tertiary alicyclic amines) is 1. The summed E-state index contributed by atoms with van der Waals surface area (Å²) in [7, 11) is 0. The standard InChI is InChI=1S/C10H22N2O/c1-10(2,9(7-11)8-13)12-5-3-4-6-12/h9,13H,3-8,11H2,1-2H3/t9-/m0/s1. The van der Waals surface area contributed by atoms with Crippen molar-refractivity contribution in [2.45, 2.75) is 32.2 Å². The molecule has 3 heteroatoms. The van der Waals surface area contributed by atoms with Crippen molar-refractivity contribution in [1.82, 2.24) is 4.90 Å². The number of nitrogens with zero attached hydrogens (tertiary/aromatic N) is 1. The Kier molecular flexibility index (Phi) is 3.71. The lowest BCUT2D eigenvalue weighted by Crippen LogP contribution is -2.51. The molecule has 0 unspecified atom stereocenters. The fourth-order valence-electron chi connectivity index (χ4n) is 2.14. The molecule has 0 aromatic carbocycles. The third kappa shape index (κ3) is 2.22. The van der Waals surface area contributed by atoms with Crippen molar-refractivity contribution in [1.29, 1.82) is 0 Å². The van der Waals surface area contributed by atoms with Crippen LogP contribution >= 0.6 is 0 Å². The van der Waals surface area contributed by atoms with Crippen LogP contribution in [0.4, 0.5) is 0 Å². The summed E-state index contributed by atoms with van der Waals surface area (Å²) in [6.45, 7) is 7.45. The van der Waals surface area contributed by atoms with Crippen molar-refractivity contribution in [3.8, 4) is 0 Å². The maximum Gasteiger partial charge on any atom is 0.0488 e. The van der Waals surface area contributed by atoms with E-state index < -0.39 is 0 Å². The van der Waals surface area contributed by atoms with Gasteiger partial charge in [-0.1, -0.05) is 0 Å². The molecule has 13 heavy (non-hydrogen) atoms. The fourth-order valence-corrected chi connectivity index (χ4v) is 2.14. The van der Waals surface area contributed by atoms with Gasteiger partial charge in [-0.2, -0.15) is 0 Å². The van der Waals surface area contributed by atoms with Gasteiger partial charge in [-0.3, -0.25) is 4.90 Å². The van der Waals surface area contributed by atoms with Crippen molar-refractivity contribution in [2.24, 2.45) is 11.7 Å². The SMILES string of the molecule is CC(C)([C@@H](CN)CO)N1CCCC1. The van der Waals surface area contributed by atoms with E-state index in [2.05, 4.69) is 18.7 Å². The summed E-state index contributed by atoms with van der Waals surface area (Å²) in [5.74, 6) is 0.200. The Morgan fingerprint density at radius 2 is 1.92 bits per heavy atom. The highest BCUT2D eigenvalue weighted by molar-refractivity contribution is 4.90. The highest BCUT2D eigenvalue weighted by atomic mass is 16.3. The Bertz CT molecular complexity index is 145. The normalized spacial score (nSPS) is 22.2. The predicted octanol–water partition coefficient (Wildman–Crippen LogP) is 0.428. The van der Waals surface area contributed by atoms with Crippen molar-refractivity contribution in [3.63, 3.8) is 0 Å². The van der Waals surface area contributed by atoms with E-state index in [1.807, 2.05) is 0 Å². The van der Waals surface area contributed by atoms with E-state index in [0.29, 0.717) is 6.54 Å². The summed E-state index contributed by atoms with van der Waals surface area (Å²) in [4.78, 5) is 2.45. The molecule has 1 aliphatic heterocycles. The topological polar surface area (TPSA) is 49.5 Å². The second-order valence-corrected chi connectivity index (χ2v) is 4.46. The van der Waals surface area contributed by atoms with Crippen LogP contribution in [-0.2, 0) is 0 Å². The van der Waals surface area contributed by atoms with E-state index in [0.717, 1.165) is 13.1 Å². The highest BCUT2D eigenvalue weighted by Crippen LogP contribution is 2.27. The van der Waals surface area contributed by atoms with Gasteiger partial charge in [-0.05, 0) is 46.3 Å². The molecule has 1 heterocycles. The van der Waals surface area contributed by atoms with Gasteiger partial charge in [0.15, 0.2) is 0 Å². The molecule has 1 fully saturated rings. The average molecular weight is 186 g/mol. The van der Waals surface area contributed by atoms with Gasteiger partial charge >= 0.3 is 0 Å². The minimum absolute atomic E-state index is 0.0556. The monoisotopic (exact) mass is 186 g/mol. The zero-order valence-corrected chi connectivity index (χ0v) is 8.79. The first-order valence-electron chi connectivity index (χ1n) is 5.19. The predicted molar refractivity (Wildman–Crippen MR) is 54.5 cm³/mol. The molecule has 3 N–H and O–H groups in total. The molecule has 0 spiro atoms. The van der Waals surface area contributed by atoms with Crippen LogP contribution in [0.25, 0.3) is 0 Å². The van der Waals surface area contributed by atoms with Crippen LogP contribution in [0.15, 0.2) is 0 Å². The number of aliphatic hydroxyl groups excluding tert-OH is 1. The van der Waals surface area contributed by atoms with E-state index in [9.17, 15) is 5.11 Å². The van der Waals surface area contributed by atoms with E-state index in [1.165, 1.54) is 12.8 Å². The third-order valence-electron chi connectivity index (χ3n) is 3.43. The summed E-state index contributed by atoms with van der Waals surface area (Å²) in [6, 6.07) is 0. The number of hydrogen-bond donors (Lipinski definition) is 2. The quantitative estimate of drug-likeness (QED) is 0.669. The number of hydrogen-bond acceptors (Lipinski definition) is 3. The van der Waals surface area contributed by atoms with E-state index in [4.69, 9.17) is 5.73 Å². The van der Waals surface area contributed by atoms with Gasteiger partial charge in [0.1, 0.15) is 0 Å². The molecule has 1 atom stereocenters. The van der Waals surface area contributed by atoms with E-state index in [1.54, 1.807) is 0 Å². The summed E-state index contributed by atoms with van der Waals surface area (Å²) in [5.41, 5.74) is 5.71. The maximum atomic E-state index is 9.22. The van der Waals surface area contributed by atoms with Crippen LogP contribution in [0.1, 0.15) is 26.7 Å². The first-order chi connectivity index (χ1) is 6.12. The van der Waals surface area contributed by atoms with Gasteiger partial charge in [0, 0.05) is 18.1 Å². The lowest BCUT2D eigenvalue weighted by Gasteiger charge is -2.41. The molecular weight excluding hydrogens is 164 g/mol. The molecule has 0 saturated carbocycles. The Hall–Kier alpha value is -0.120. The van der Waals surface area contributed by atoms with Gasteiger partial charge in [-0.15, -0.1) is 0 Å². The van der Waals surface area contributed by atoms with Crippen molar-refractivity contribution in [3.05, 3.63) is 0 Å². The zero-order valence-electron chi connectivity index (χ0n) is 8.79. The van der Waals surface area contributed by atoms with E-state index >= 15 is 0 Å². The van der Waals surface area contributed by atoms with Crippen LogP contribution < -0.4 is 5.73 Å². The molecule has 1 aliphatic rings. The number of aliphatic hydroxyl groups is 1. The van der Waals surface area contributed by atoms with Crippen LogP contribution in [0.2, 0.25) is 0 Å².